The minimum Gasteiger partial charge on any atom is -0.310 e. The highest BCUT2D eigenvalue weighted by Gasteiger charge is 2.39. The first-order valence-electron chi connectivity index (χ1n) is 32.3. The molecule has 0 fully saturated rings. The van der Waals surface area contributed by atoms with Crippen LogP contribution in [-0.2, 0) is 16.2 Å². The first kappa shape index (κ1) is 56.1. The standard InChI is InChI=1S/C89H66F2N2/c1-87(2)79-47-55(23-25-57-29-43-73-75-45-39-65(53-83(75)88(3,4)81(73)49-57)92(63-35-31-61(90)32-36-63)85-51-59-15-7-9-17-67(59)69-19-11-13-21-77(69)85)27-41-71(79)72-42-28-56(48-80(72)87)24-26-58-30-44-74-76-46-40-66(54-84(76)89(5,6)82(74)50-58)93(64-37-33-62(91)34-38-64)86-52-60-16-8-10-18-68(60)70-20-12-14-22-78(70)86/h7-54H,1-6H3/b25-23+,26-24+. The van der Waals surface area contributed by atoms with Gasteiger partial charge in [0.15, 0.2) is 0 Å². The van der Waals surface area contributed by atoms with Crippen molar-refractivity contribution < 1.29 is 8.78 Å². The van der Waals surface area contributed by atoms with E-state index < -0.39 is 0 Å². The smallest absolute Gasteiger partial charge is 0.123 e. The van der Waals surface area contributed by atoms with E-state index in [0.29, 0.717) is 0 Å². The van der Waals surface area contributed by atoms with E-state index in [4.69, 9.17) is 0 Å². The van der Waals surface area contributed by atoms with E-state index >= 15 is 0 Å². The molecule has 0 bridgehead atoms. The first-order chi connectivity index (χ1) is 45.1. The lowest BCUT2D eigenvalue weighted by Crippen LogP contribution is -2.17. The van der Waals surface area contributed by atoms with Crippen LogP contribution in [0.25, 0.3) is 101 Å². The molecule has 0 atom stereocenters. The van der Waals surface area contributed by atoms with Gasteiger partial charge in [-0.1, -0.05) is 248 Å². The van der Waals surface area contributed by atoms with Crippen molar-refractivity contribution in [2.75, 3.05) is 9.80 Å². The van der Waals surface area contributed by atoms with Crippen molar-refractivity contribution in [3.63, 3.8) is 0 Å². The fourth-order valence-electron chi connectivity index (χ4n) is 15.8. The van der Waals surface area contributed by atoms with Crippen LogP contribution in [0, 0.1) is 11.6 Å². The molecule has 3 aliphatic carbocycles. The molecule has 2 nitrogen and oxygen atoms in total. The monoisotopic (exact) mass is 1200 g/mol. The van der Waals surface area contributed by atoms with E-state index in [2.05, 4.69) is 294 Å². The summed E-state index contributed by atoms with van der Waals surface area (Å²) in [6, 6.07) is 94.1. The van der Waals surface area contributed by atoms with E-state index in [1.807, 2.05) is 24.3 Å². The molecule has 14 aromatic carbocycles. The molecule has 446 valence electrons. The second-order valence-electron chi connectivity index (χ2n) is 27.2. The lowest BCUT2D eigenvalue weighted by atomic mass is 9.81. The summed E-state index contributed by atoms with van der Waals surface area (Å²) in [4.78, 5) is 4.59. The Morgan fingerprint density at radius 3 is 0.828 bits per heavy atom. The van der Waals surface area contributed by atoms with Crippen LogP contribution in [0.1, 0.15) is 97.2 Å². The molecule has 0 saturated heterocycles. The van der Waals surface area contributed by atoms with Crippen molar-refractivity contribution in [1.82, 2.24) is 0 Å². The number of rotatable bonds is 10. The van der Waals surface area contributed by atoms with Crippen LogP contribution in [0.4, 0.5) is 42.9 Å². The van der Waals surface area contributed by atoms with Crippen LogP contribution in [0.5, 0.6) is 0 Å². The van der Waals surface area contributed by atoms with Crippen molar-refractivity contribution >= 4 is 102 Å². The Labute approximate surface area is 542 Å². The zero-order valence-electron chi connectivity index (χ0n) is 52.9. The predicted octanol–water partition coefficient (Wildman–Crippen LogP) is 24.8. The van der Waals surface area contributed by atoms with Gasteiger partial charge in [-0.15, -0.1) is 0 Å². The molecule has 0 unspecified atom stereocenters. The highest BCUT2D eigenvalue weighted by Crippen LogP contribution is 2.55. The third-order valence-electron chi connectivity index (χ3n) is 20.7. The Morgan fingerprint density at radius 2 is 0.505 bits per heavy atom. The van der Waals surface area contributed by atoms with E-state index in [-0.39, 0.29) is 27.9 Å². The van der Waals surface area contributed by atoms with Crippen LogP contribution in [0.3, 0.4) is 0 Å². The van der Waals surface area contributed by atoms with Crippen LogP contribution in [0.2, 0.25) is 0 Å². The molecular formula is C89H66F2N2. The second-order valence-corrected chi connectivity index (χ2v) is 27.2. The van der Waals surface area contributed by atoms with Crippen molar-refractivity contribution in [2.45, 2.75) is 57.8 Å². The lowest BCUT2D eigenvalue weighted by Gasteiger charge is -2.29. The molecule has 4 heteroatoms. The normalized spacial score (nSPS) is 14.4. The van der Waals surface area contributed by atoms with E-state index in [1.54, 1.807) is 24.3 Å². The van der Waals surface area contributed by atoms with Gasteiger partial charge in [-0.05, 0) is 206 Å². The zero-order chi connectivity index (χ0) is 63.1. The number of halogens is 2. The molecule has 0 heterocycles. The van der Waals surface area contributed by atoms with Crippen molar-refractivity contribution in [2.24, 2.45) is 0 Å². The number of hydrogen-bond acceptors (Lipinski definition) is 2. The highest BCUT2D eigenvalue weighted by molar-refractivity contribution is 6.16. The van der Waals surface area contributed by atoms with Gasteiger partial charge in [-0.3, -0.25) is 0 Å². The predicted molar refractivity (Wildman–Crippen MR) is 389 cm³/mol. The molecule has 14 aromatic rings. The van der Waals surface area contributed by atoms with Crippen LogP contribution >= 0.6 is 0 Å². The van der Waals surface area contributed by atoms with Crippen LogP contribution < -0.4 is 9.80 Å². The zero-order valence-corrected chi connectivity index (χ0v) is 52.9. The largest absolute Gasteiger partial charge is 0.310 e. The fraction of sp³-hybridized carbons (Fsp3) is 0.101. The summed E-state index contributed by atoms with van der Waals surface area (Å²) in [7, 11) is 0. The van der Waals surface area contributed by atoms with Crippen LogP contribution in [0.15, 0.2) is 267 Å². The molecular weight excluding hydrogens is 1130 g/mol. The van der Waals surface area contributed by atoms with E-state index in [1.165, 1.54) is 99.4 Å². The Balaban J connectivity index is 0.626. The van der Waals surface area contributed by atoms with Gasteiger partial charge >= 0.3 is 0 Å². The second kappa shape index (κ2) is 21.1. The molecule has 3 aliphatic rings. The minimum atomic E-state index is -0.285. The van der Waals surface area contributed by atoms with E-state index in [9.17, 15) is 8.78 Å². The highest BCUT2D eigenvalue weighted by atomic mass is 19.1. The Kier molecular flexibility index (Phi) is 12.7. The molecule has 17 rings (SSSR count). The SMILES string of the molecule is CC1(C)c2cc(/C=C/c3ccc4c(c3)C(C)(C)c3cc(N(c5ccc(F)cc5)c5cc6ccccc6c6ccccc56)ccc3-4)ccc2-c2ccc(/C=C/c3ccc4c(c3)C(C)(C)c3cc(N(c5ccc(F)cc5)c5cc6ccccc6c6ccccc56)ccc3-4)cc21. The lowest BCUT2D eigenvalue weighted by molar-refractivity contribution is 0.627. The topological polar surface area (TPSA) is 6.48 Å². The van der Waals surface area contributed by atoms with Crippen LogP contribution in [-0.4, -0.2) is 0 Å². The summed E-state index contributed by atoms with van der Waals surface area (Å²) in [6.45, 7) is 14.1. The van der Waals surface area contributed by atoms with Gasteiger partial charge < -0.3 is 9.80 Å². The molecule has 0 spiro atoms. The Morgan fingerprint density at radius 1 is 0.247 bits per heavy atom. The van der Waals surface area contributed by atoms with Gasteiger partial charge in [0.1, 0.15) is 11.6 Å². The Hall–Kier alpha value is -10.9. The average molecular weight is 1200 g/mol. The minimum absolute atomic E-state index is 0.204. The molecule has 0 aromatic heterocycles. The summed E-state index contributed by atoms with van der Waals surface area (Å²) in [5, 5.41) is 9.36. The average Bonchev–Trinajstić information content (AvgIpc) is 1.65. The van der Waals surface area contributed by atoms with Gasteiger partial charge in [0.2, 0.25) is 0 Å². The number of hydrogen-bond donors (Lipinski definition) is 0. The molecule has 0 saturated carbocycles. The van der Waals surface area contributed by atoms with Gasteiger partial charge in [-0.25, -0.2) is 8.78 Å². The number of anilines is 6. The third kappa shape index (κ3) is 9.02. The van der Waals surface area contributed by atoms with Gasteiger partial charge in [0.25, 0.3) is 0 Å². The number of benzene rings is 14. The number of fused-ring (bicyclic) bond motifs is 15. The quantitative estimate of drug-likeness (QED) is 0.0995. The summed E-state index contributed by atoms with van der Waals surface area (Å²) >= 11 is 0. The fourth-order valence-corrected chi connectivity index (χ4v) is 15.8. The maximum Gasteiger partial charge on any atom is 0.123 e. The summed E-state index contributed by atoms with van der Waals surface area (Å²) in [5.41, 5.74) is 25.2. The summed E-state index contributed by atoms with van der Waals surface area (Å²) in [5.74, 6) is -0.519. The number of nitrogens with zero attached hydrogens (tertiary/aromatic N) is 2. The molecule has 0 amide bonds. The first-order valence-corrected chi connectivity index (χ1v) is 32.3. The third-order valence-corrected chi connectivity index (χ3v) is 20.7. The van der Waals surface area contributed by atoms with Crippen molar-refractivity contribution in [3.05, 3.63) is 334 Å². The van der Waals surface area contributed by atoms with Crippen molar-refractivity contribution in [1.29, 1.82) is 0 Å². The molecule has 0 aliphatic heterocycles. The van der Waals surface area contributed by atoms with E-state index in [0.717, 1.165) is 66.8 Å². The molecule has 0 radical (unpaired) electrons. The van der Waals surface area contributed by atoms with Gasteiger partial charge in [0.05, 0.1) is 11.4 Å². The van der Waals surface area contributed by atoms with Crippen molar-refractivity contribution in [3.8, 4) is 33.4 Å². The van der Waals surface area contributed by atoms with Gasteiger partial charge in [0, 0.05) is 49.8 Å². The maximum absolute atomic E-state index is 14.6. The van der Waals surface area contributed by atoms with Gasteiger partial charge in [-0.2, -0.15) is 0 Å². The summed E-state index contributed by atoms with van der Waals surface area (Å²) < 4.78 is 29.2. The molecule has 0 N–H and O–H groups in total. The Bertz CT molecular complexity index is 5170. The summed E-state index contributed by atoms with van der Waals surface area (Å²) in [6.07, 6.45) is 9.06. The maximum atomic E-state index is 14.6. The molecule has 93 heavy (non-hydrogen) atoms.